The third kappa shape index (κ3) is 1.71. The van der Waals surface area contributed by atoms with E-state index in [0.29, 0.717) is 0 Å². The van der Waals surface area contributed by atoms with E-state index >= 15 is 0 Å². The van der Waals surface area contributed by atoms with Gasteiger partial charge in [0.1, 0.15) is 0 Å². The summed E-state index contributed by atoms with van der Waals surface area (Å²) in [5.74, 6) is 0. The minimum Gasteiger partial charge on any atom is -0.312 e. The molecule has 1 rings (SSSR count). The quantitative estimate of drug-likeness (QED) is 0.722. The Bertz CT molecular complexity index is 341. The zero-order valence-corrected chi connectivity index (χ0v) is 9.62. The molecule has 0 spiro atoms. The second-order valence-corrected chi connectivity index (χ2v) is 4.20. The number of aromatic nitrogens is 1. The predicted molar refractivity (Wildman–Crippen MR) is 58.5 cm³/mol. The molecule has 0 atom stereocenters. The lowest BCUT2D eigenvalue weighted by Crippen LogP contribution is -2.24. The van der Waals surface area contributed by atoms with E-state index in [1.807, 2.05) is 33.0 Å². The average Bonchev–Trinajstić information content (AvgIpc) is 2.00. The topological polar surface area (TPSA) is 22.0 Å². The standard InChI is InChI=1S/C9H12INO/c1-6(2)11-5-4-7(3)8(10)9(11)12/h4-6H,1-3H3. The summed E-state index contributed by atoms with van der Waals surface area (Å²) in [5.41, 5.74) is 1.17. The zero-order valence-electron chi connectivity index (χ0n) is 7.47. The van der Waals surface area contributed by atoms with Crippen LogP contribution < -0.4 is 5.56 Å². The lowest BCUT2D eigenvalue weighted by molar-refractivity contribution is 0.575. The number of hydrogen-bond acceptors (Lipinski definition) is 1. The Morgan fingerprint density at radius 1 is 1.50 bits per heavy atom. The molecule has 1 aromatic rings. The van der Waals surface area contributed by atoms with Crippen LogP contribution in [0.5, 0.6) is 0 Å². The van der Waals surface area contributed by atoms with Crippen LogP contribution in [0.3, 0.4) is 0 Å². The molecule has 1 aromatic heterocycles. The van der Waals surface area contributed by atoms with Crippen molar-refractivity contribution in [3.63, 3.8) is 0 Å². The fraction of sp³-hybridized carbons (Fsp3) is 0.444. The van der Waals surface area contributed by atoms with Gasteiger partial charge in [-0.25, -0.2) is 0 Å². The Balaban J connectivity index is 3.37. The molecular formula is C9H12INO. The molecular weight excluding hydrogens is 265 g/mol. The molecule has 0 aliphatic heterocycles. The van der Waals surface area contributed by atoms with Crippen LogP contribution in [-0.4, -0.2) is 4.57 Å². The Hall–Kier alpha value is -0.320. The van der Waals surface area contributed by atoms with Gasteiger partial charge in [0.05, 0.1) is 3.57 Å². The molecule has 66 valence electrons. The van der Waals surface area contributed by atoms with Crippen molar-refractivity contribution in [3.05, 3.63) is 31.8 Å². The van der Waals surface area contributed by atoms with E-state index in [9.17, 15) is 4.79 Å². The van der Waals surface area contributed by atoms with Gasteiger partial charge in [0.25, 0.3) is 5.56 Å². The second-order valence-electron chi connectivity index (χ2n) is 3.12. The monoisotopic (exact) mass is 277 g/mol. The van der Waals surface area contributed by atoms with Crippen LogP contribution in [0.4, 0.5) is 0 Å². The van der Waals surface area contributed by atoms with Crippen LogP contribution in [-0.2, 0) is 0 Å². The molecule has 0 amide bonds. The minimum absolute atomic E-state index is 0.116. The third-order valence-electron chi connectivity index (χ3n) is 1.81. The molecule has 0 bridgehead atoms. The highest BCUT2D eigenvalue weighted by molar-refractivity contribution is 14.1. The Kier molecular flexibility index (Phi) is 2.93. The summed E-state index contributed by atoms with van der Waals surface area (Å²) < 4.78 is 2.57. The molecule has 0 unspecified atom stereocenters. The van der Waals surface area contributed by atoms with Gasteiger partial charge in [-0.15, -0.1) is 0 Å². The highest BCUT2D eigenvalue weighted by atomic mass is 127. The van der Waals surface area contributed by atoms with Gasteiger partial charge >= 0.3 is 0 Å². The van der Waals surface area contributed by atoms with Crippen molar-refractivity contribution in [1.29, 1.82) is 0 Å². The summed E-state index contributed by atoms with van der Waals surface area (Å²) in [7, 11) is 0. The molecule has 0 aliphatic rings. The van der Waals surface area contributed by atoms with Crippen LogP contribution >= 0.6 is 22.6 Å². The van der Waals surface area contributed by atoms with Crippen molar-refractivity contribution in [1.82, 2.24) is 4.57 Å². The molecule has 0 N–H and O–H groups in total. The lowest BCUT2D eigenvalue weighted by atomic mass is 10.3. The summed E-state index contributed by atoms with van der Waals surface area (Å²) in [6.07, 6.45) is 1.85. The Labute approximate surface area is 85.7 Å². The number of pyridine rings is 1. The molecule has 0 radical (unpaired) electrons. The van der Waals surface area contributed by atoms with Crippen LogP contribution in [0.15, 0.2) is 17.1 Å². The van der Waals surface area contributed by atoms with Gasteiger partial charge in [-0.1, -0.05) is 0 Å². The van der Waals surface area contributed by atoms with Gasteiger partial charge in [-0.2, -0.15) is 0 Å². The van der Waals surface area contributed by atoms with Gasteiger partial charge in [-0.05, 0) is 55.0 Å². The summed E-state index contributed by atoms with van der Waals surface area (Å²) in [6.45, 7) is 5.97. The maximum atomic E-state index is 11.6. The summed E-state index contributed by atoms with van der Waals surface area (Å²) in [4.78, 5) is 11.6. The lowest BCUT2D eigenvalue weighted by Gasteiger charge is -2.10. The van der Waals surface area contributed by atoms with Crippen LogP contribution in [0, 0.1) is 10.5 Å². The molecule has 3 heteroatoms. The van der Waals surface area contributed by atoms with Crippen molar-refractivity contribution in [2.45, 2.75) is 26.8 Å². The first-order chi connectivity index (χ1) is 5.54. The molecule has 1 heterocycles. The zero-order chi connectivity index (χ0) is 9.30. The molecule has 0 saturated heterocycles. The van der Waals surface area contributed by atoms with Crippen molar-refractivity contribution >= 4 is 22.6 Å². The number of aryl methyl sites for hydroxylation is 1. The third-order valence-corrected chi connectivity index (χ3v) is 3.12. The second kappa shape index (κ2) is 3.60. The Morgan fingerprint density at radius 3 is 2.58 bits per heavy atom. The number of nitrogens with zero attached hydrogens (tertiary/aromatic N) is 1. The fourth-order valence-corrected chi connectivity index (χ4v) is 1.48. The molecule has 0 aliphatic carbocycles. The van der Waals surface area contributed by atoms with Gasteiger partial charge in [0.15, 0.2) is 0 Å². The van der Waals surface area contributed by atoms with Crippen molar-refractivity contribution in [2.75, 3.05) is 0 Å². The van der Waals surface area contributed by atoms with Gasteiger partial charge in [-0.3, -0.25) is 4.79 Å². The average molecular weight is 277 g/mol. The number of halogens is 1. The number of hydrogen-bond donors (Lipinski definition) is 0. The van der Waals surface area contributed by atoms with Crippen LogP contribution in [0.2, 0.25) is 0 Å². The van der Waals surface area contributed by atoms with E-state index < -0.39 is 0 Å². The van der Waals surface area contributed by atoms with E-state index in [4.69, 9.17) is 0 Å². The van der Waals surface area contributed by atoms with Crippen molar-refractivity contribution in [2.24, 2.45) is 0 Å². The SMILES string of the molecule is Cc1ccn(C(C)C)c(=O)c1I. The smallest absolute Gasteiger partial charge is 0.264 e. The molecule has 0 saturated carbocycles. The van der Waals surface area contributed by atoms with Crippen LogP contribution in [0.25, 0.3) is 0 Å². The maximum Gasteiger partial charge on any atom is 0.264 e. The van der Waals surface area contributed by atoms with E-state index in [1.165, 1.54) is 0 Å². The van der Waals surface area contributed by atoms with Gasteiger partial charge in [0.2, 0.25) is 0 Å². The fourth-order valence-electron chi connectivity index (χ4n) is 1.02. The molecule has 0 fully saturated rings. The summed E-state index contributed by atoms with van der Waals surface area (Å²) >= 11 is 2.09. The largest absolute Gasteiger partial charge is 0.312 e. The predicted octanol–water partition coefficient (Wildman–Crippen LogP) is 2.34. The van der Waals surface area contributed by atoms with Crippen LogP contribution in [0.1, 0.15) is 25.5 Å². The molecule has 2 nitrogen and oxygen atoms in total. The van der Waals surface area contributed by atoms with Gasteiger partial charge < -0.3 is 4.57 Å². The van der Waals surface area contributed by atoms with E-state index in [0.717, 1.165) is 9.13 Å². The Morgan fingerprint density at radius 2 is 2.08 bits per heavy atom. The number of rotatable bonds is 1. The van der Waals surface area contributed by atoms with Gasteiger partial charge in [0, 0.05) is 12.2 Å². The van der Waals surface area contributed by atoms with E-state index in [2.05, 4.69) is 22.6 Å². The first-order valence-corrected chi connectivity index (χ1v) is 4.99. The van der Waals surface area contributed by atoms with Crippen molar-refractivity contribution in [3.8, 4) is 0 Å². The van der Waals surface area contributed by atoms with Crippen molar-refractivity contribution < 1.29 is 0 Å². The minimum atomic E-state index is 0.116. The molecule has 12 heavy (non-hydrogen) atoms. The first kappa shape index (κ1) is 9.77. The first-order valence-electron chi connectivity index (χ1n) is 3.91. The normalized spacial score (nSPS) is 10.8. The highest BCUT2D eigenvalue weighted by Crippen LogP contribution is 2.07. The summed E-state index contributed by atoms with van der Waals surface area (Å²) in [5, 5.41) is 0. The van der Waals surface area contributed by atoms with E-state index in [1.54, 1.807) is 4.57 Å². The highest BCUT2D eigenvalue weighted by Gasteiger charge is 2.05. The summed E-state index contributed by atoms with van der Waals surface area (Å²) in [6, 6.07) is 2.22. The maximum absolute atomic E-state index is 11.6. The molecule has 0 aromatic carbocycles. The van der Waals surface area contributed by atoms with E-state index in [-0.39, 0.29) is 11.6 Å².